The van der Waals surface area contributed by atoms with Gasteiger partial charge in [0.2, 0.25) is 5.16 Å². The smallest absolute Gasteiger partial charge is 0.209 e. The summed E-state index contributed by atoms with van der Waals surface area (Å²) in [5, 5.41) is 13.2. The first-order chi connectivity index (χ1) is 14.0. The third-order valence-corrected chi connectivity index (χ3v) is 6.26. The number of hydrogen-bond donors (Lipinski definition) is 0. The molecule has 0 saturated carbocycles. The fourth-order valence-electron chi connectivity index (χ4n) is 3.64. The van der Waals surface area contributed by atoms with Gasteiger partial charge in [0.15, 0.2) is 5.78 Å². The van der Waals surface area contributed by atoms with E-state index in [-0.39, 0.29) is 17.6 Å². The van der Waals surface area contributed by atoms with Crippen LogP contribution in [0.5, 0.6) is 0 Å². The van der Waals surface area contributed by atoms with Crippen molar-refractivity contribution in [2.45, 2.75) is 44.5 Å². The van der Waals surface area contributed by atoms with Crippen molar-refractivity contribution < 1.29 is 9.53 Å². The molecule has 29 heavy (non-hydrogen) atoms. The predicted molar refractivity (Wildman–Crippen MR) is 112 cm³/mol. The largest absolute Gasteiger partial charge is 0.376 e. The van der Waals surface area contributed by atoms with Gasteiger partial charge < -0.3 is 9.30 Å². The summed E-state index contributed by atoms with van der Waals surface area (Å²) in [4.78, 5) is 12.9. The van der Waals surface area contributed by atoms with Crippen molar-refractivity contribution in [3.8, 4) is 5.69 Å². The van der Waals surface area contributed by atoms with Gasteiger partial charge in [-0.1, -0.05) is 23.4 Å². The second-order valence-electron chi connectivity index (χ2n) is 7.09. The van der Waals surface area contributed by atoms with E-state index in [4.69, 9.17) is 16.3 Å². The first-order valence-corrected chi connectivity index (χ1v) is 10.9. The van der Waals surface area contributed by atoms with Crippen LogP contribution in [0, 0.1) is 13.8 Å². The zero-order valence-corrected chi connectivity index (χ0v) is 17.9. The lowest BCUT2D eigenvalue weighted by Crippen LogP contribution is -2.17. The molecule has 3 aromatic rings. The van der Waals surface area contributed by atoms with E-state index in [0.717, 1.165) is 36.5 Å². The highest BCUT2D eigenvalue weighted by Gasteiger charge is 2.21. The molecule has 1 unspecified atom stereocenters. The van der Waals surface area contributed by atoms with E-state index in [1.807, 2.05) is 44.2 Å². The molecule has 0 amide bonds. The zero-order valence-electron chi connectivity index (χ0n) is 16.3. The molecule has 0 N–H and O–H groups in total. The SMILES string of the molecule is Cc1cc(C(=O)CSc2nnnn2CC2CCCO2)c(C)n1-c1ccc(Cl)cc1. The quantitative estimate of drug-likeness (QED) is 0.417. The summed E-state index contributed by atoms with van der Waals surface area (Å²) in [6.45, 7) is 5.36. The second kappa shape index (κ2) is 8.69. The van der Waals surface area contributed by atoms with Crippen molar-refractivity contribution in [2.75, 3.05) is 12.4 Å². The normalized spacial score (nSPS) is 16.4. The Morgan fingerprint density at radius 3 is 2.83 bits per heavy atom. The fraction of sp³-hybridized carbons (Fsp3) is 0.400. The summed E-state index contributed by atoms with van der Waals surface area (Å²) in [5.41, 5.74) is 3.61. The highest BCUT2D eigenvalue weighted by atomic mass is 35.5. The summed E-state index contributed by atoms with van der Waals surface area (Å²) in [5.74, 6) is 0.326. The van der Waals surface area contributed by atoms with E-state index >= 15 is 0 Å². The number of tetrazole rings is 1. The van der Waals surface area contributed by atoms with Crippen molar-refractivity contribution in [1.82, 2.24) is 24.8 Å². The van der Waals surface area contributed by atoms with Crippen LogP contribution in [0.25, 0.3) is 5.69 Å². The summed E-state index contributed by atoms with van der Waals surface area (Å²) >= 11 is 7.36. The Balaban J connectivity index is 1.46. The number of ether oxygens (including phenoxy) is 1. The summed E-state index contributed by atoms with van der Waals surface area (Å²) in [6, 6.07) is 9.53. The van der Waals surface area contributed by atoms with Crippen molar-refractivity contribution in [3.05, 3.63) is 52.3 Å². The standard InChI is InChI=1S/C20H22ClN5O2S/c1-13-10-18(14(2)26(13)16-7-5-15(21)6-8-16)19(27)12-29-20-22-23-24-25(20)11-17-4-3-9-28-17/h5-8,10,17H,3-4,9,11-12H2,1-2H3. The molecule has 7 nitrogen and oxygen atoms in total. The molecule has 1 atom stereocenters. The Bertz CT molecular complexity index is 1010. The number of ketones is 1. The molecule has 1 aliphatic heterocycles. The van der Waals surface area contributed by atoms with Crippen LogP contribution in [0.3, 0.4) is 0 Å². The van der Waals surface area contributed by atoms with Gasteiger partial charge >= 0.3 is 0 Å². The van der Waals surface area contributed by atoms with Crippen molar-refractivity contribution in [3.63, 3.8) is 0 Å². The van der Waals surface area contributed by atoms with Crippen LogP contribution in [0.1, 0.15) is 34.6 Å². The van der Waals surface area contributed by atoms with E-state index in [2.05, 4.69) is 20.1 Å². The molecular weight excluding hydrogens is 410 g/mol. The minimum atomic E-state index is 0.0509. The van der Waals surface area contributed by atoms with Gasteiger partial charge in [0.1, 0.15) is 0 Å². The number of hydrogen-bond acceptors (Lipinski definition) is 6. The van der Waals surface area contributed by atoms with Crippen LogP contribution in [0.2, 0.25) is 5.02 Å². The molecule has 1 saturated heterocycles. The van der Waals surface area contributed by atoms with Gasteiger partial charge in [-0.25, -0.2) is 4.68 Å². The minimum Gasteiger partial charge on any atom is -0.376 e. The number of Topliss-reactive ketones (excluding diaryl/α,β-unsaturated/α-hetero) is 1. The van der Waals surface area contributed by atoms with Gasteiger partial charge in [0.25, 0.3) is 0 Å². The molecular formula is C20H22ClN5O2S. The van der Waals surface area contributed by atoms with Crippen LogP contribution in [-0.4, -0.2) is 49.0 Å². The third-order valence-electron chi connectivity index (χ3n) is 5.05. The molecule has 0 bridgehead atoms. The molecule has 152 valence electrons. The van der Waals surface area contributed by atoms with Gasteiger partial charge in [0, 0.05) is 34.3 Å². The van der Waals surface area contributed by atoms with Crippen LogP contribution in [0.4, 0.5) is 0 Å². The molecule has 2 aromatic heterocycles. The van der Waals surface area contributed by atoms with Crippen LogP contribution in [0.15, 0.2) is 35.5 Å². The van der Waals surface area contributed by atoms with Crippen molar-refractivity contribution in [2.24, 2.45) is 0 Å². The highest BCUT2D eigenvalue weighted by molar-refractivity contribution is 7.99. The predicted octanol–water partition coefficient (Wildman–Crippen LogP) is 3.89. The van der Waals surface area contributed by atoms with Crippen molar-refractivity contribution in [1.29, 1.82) is 0 Å². The maximum Gasteiger partial charge on any atom is 0.209 e. The average Bonchev–Trinajstić information content (AvgIpc) is 3.43. The minimum absolute atomic E-state index is 0.0509. The Morgan fingerprint density at radius 1 is 1.31 bits per heavy atom. The highest BCUT2D eigenvalue weighted by Crippen LogP contribution is 2.25. The molecule has 1 aromatic carbocycles. The van der Waals surface area contributed by atoms with E-state index < -0.39 is 0 Å². The van der Waals surface area contributed by atoms with Gasteiger partial charge in [0.05, 0.1) is 18.4 Å². The lowest BCUT2D eigenvalue weighted by Gasteiger charge is -2.10. The Kier molecular flexibility index (Phi) is 6.03. The Hall–Kier alpha value is -2.16. The Morgan fingerprint density at radius 2 is 2.10 bits per heavy atom. The monoisotopic (exact) mass is 431 g/mol. The van der Waals surface area contributed by atoms with Gasteiger partial charge in [-0.3, -0.25) is 4.79 Å². The molecule has 0 spiro atoms. The van der Waals surface area contributed by atoms with E-state index in [1.165, 1.54) is 11.8 Å². The summed E-state index contributed by atoms with van der Waals surface area (Å²) in [6.07, 6.45) is 2.23. The number of aromatic nitrogens is 5. The zero-order chi connectivity index (χ0) is 20.4. The number of carbonyl (C=O) groups excluding carboxylic acids is 1. The van der Waals surface area contributed by atoms with Crippen LogP contribution < -0.4 is 0 Å². The molecule has 0 radical (unpaired) electrons. The van der Waals surface area contributed by atoms with E-state index in [9.17, 15) is 4.79 Å². The lowest BCUT2D eigenvalue weighted by atomic mass is 10.2. The number of carbonyl (C=O) groups is 1. The van der Waals surface area contributed by atoms with Gasteiger partial charge in [-0.2, -0.15) is 0 Å². The number of rotatable bonds is 7. The third kappa shape index (κ3) is 4.39. The van der Waals surface area contributed by atoms with E-state index in [1.54, 1.807) is 4.68 Å². The topological polar surface area (TPSA) is 74.8 Å². The Labute approximate surface area is 178 Å². The first-order valence-electron chi connectivity index (χ1n) is 9.51. The van der Waals surface area contributed by atoms with Crippen LogP contribution >= 0.6 is 23.4 Å². The second-order valence-corrected chi connectivity index (χ2v) is 8.47. The van der Waals surface area contributed by atoms with Crippen LogP contribution in [-0.2, 0) is 11.3 Å². The molecule has 1 fully saturated rings. The lowest BCUT2D eigenvalue weighted by molar-refractivity contribution is 0.0912. The number of halogens is 1. The molecule has 3 heterocycles. The molecule has 4 rings (SSSR count). The molecule has 1 aliphatic rings. The fourth-order valence-corrected chi connectivity index (χ4v) is 4.53. The van der Waals surface area contributed by atoms with E-state index in [0.29, 0.717) is 22.3 Å². The van der Waals surface area contributed by atoms with Crippen molar-refractivity contribution >= 4 is 29.1 Å². The number of nitrogens with zero attached hydrogens (tertiary/aromatic N) is 5. The first kappa shape index (κ1) is 20.1. The molecule has 9 heteroatoms. The maximum atomic E-state index is 12.9. The number of benzene rings is 1. The van der Waals surface area contributed by atoms with Gasteiger partial charge in [-0.05, 0) is 67.4 Å². The summed E-state index contributed by atoms with van der Waals surface area (Å²) < 4.78 is 9.45. The molecule has 0 aliphatic carbocycles. The summed E-state index contributed by atoms with van der Waals surface area (Å²) in [7, 11) is 0. The maximum absolute atomic E-state index is 12.9. The van der Waals surface area contributed by atoms with Gasteiger partial charge in [-0.15, -0.1) is 5.10 Å². The number of aryl methyl sites for hydroxylation is 1. The number of thioether (sulfide) groups is 1. The average molecular weight is 432 g/mol.